The van der Waals surface area contributed by atoms with Crippen LogP contribution in [0.5, 0.6) is 11.5 Å². The number of dihydropyridines is 1. The van der Waals surface area contributed by atoms with E-state index in [0.717, 1.165) is 5.56 Å². The van der Waals surface area contributed by atoms with E-state index < -0.39 is 26.2 Å². The Morgan fingerprint density at radius 3 is 1.93 bits per heavy atom. The number of aliphatic imine (C=N–C) groups is 1. The number of hydrogen-bond donors (Lipinski definition) is 0. The minimum atomic E-state index is -4.40. The van der Waals surface area contributed by atoms with Crippen LogP contribution in [0.2, 0.25) is 0 Å². The van der Waals surface area contributed by atoms with Crippen LogP contribution in [0.4, 0.5) is 4.39 Å². The van der Waals surface area contributed by atoms with Crippen LogP contribution in [0.3, 0.4) is 0 Å². The first kappa shape index (κ1) is 32.9. The average Bonchev–Trinajstić information content (AvgIpc) is 3.06. The number of likely N-dealkylation sites (tertiary alicyclic amines) is 1. The lowest BCUT2D eigenvalue weighted by Gasteiger charge is -2.41. The molecule has 0 N–H and O–H groups in total. The Morgan fingerprint density at radius 1 is 0.933 bits per heavy atom. The highest BCUT2D eigenvalue weighted by molar-refractivity contribution is 7.89. The van der Waals surface area contributed by atoms with Gasteiger partial charge in [-0.1, -0.05) is 59.6 Å². The van der Waals surface area contributed by atoms with Gasteiger partial charge in [-0.05, 0) is 77.9 Å². The third-order valence-electron chi connectivity index (χ3n) is 8.24. The molecule has 12 heteroatoms. The molecule has 2 aliphatic heterocycles. The van der Waals surface area contributed by atoms with Crippen LogP contribution in [-0.2, 0) is 27.9 Å². The molecule has 0 radical (unpaired) electrons. The number of amides is 1. The van der Waals surface area contributed by atoms with Crippen LogP contribution in [0.15, 0.2) is 88.9 Å². The fourth-order valence-electron chi connectivity index (χ4n) is 5.65. The Kier molecular flexibility index (Phi) is 10.2. The maximum absolute atomic E-state index is 14.5. The Balaban J connectivity index is 1.43. The van der Waals surface area contributed by atoms with Gasteiger partial charge in [-0.2, -0.15) is 4.31 Å². The van der Waals surface area contributed by atoms with Crippen molar-refractivity contribution in [2.75, 3.05) is 27.3 Å². The molecule has 0 aromatic heterocycles. The highest BCUT2D eigenvalue weighted by atomic mass is 35.5. The Morgan fingerprint density at radius 2 is 1.44 bits per heavy atom. The van der Waals surface area contributed by atoms with Crippen molar-refractivity contribution in [3.63, 3.8) is 0 Å². The molecule has 2 aliphatic rings. The van der Waals surface area contributed by atoms with Crippen molar-refractivity contribution < 1.29 is 27.1 Å². The summed E-state index contributed by atoms with van der Waals surface area (Å²) in [7, 11) is -1.30. The zero-order valence-corrected chi connectivity index (χ0v) is 27.2. The SMILES string of the molecule is COc1ccc(CN(Cc2ccc(OC)cc2)S(=O)(=O)C2N=CC=C(Cl)C2(Cl)C(=O)N2CCC(c3ccc(F)cc3)CC2)cc1. The van der Waals surface area contributed by atoms with Crippen molar-refractivity contribution in [1.29, 1.82) is 0 Å². The van der Waals surface area contributed by atoms with E-state index in [1.54, 1.807) is 79.8 Å². The van der Waals surface area contributed by atoms with Crippen LogP contribution in [0.1, 0.15) is 35.4 Å². The minimum absolute atomic E-state index is 0.0179. The summed E-state index contributed by atoms with van der Waals surface area (Å²) in [5.74, 6) is 0.453. The molecule has 238 valence electrons. The topological polar surface area (TPSA) is 88.5 Å². The van der Waals surface area contributed by atoms with Crippen molar-refractivity contribution in [1.82, 2.24) is 9.21 Å². The lowest BCUT2D eigenvalue weighted by atomic mass is 9.89. The number of rotatable bonds is 10. The number of halogens is 3. The van der Waals surface area contributed by atoms with Crippen molar-refractivity contribution in [2.24, 2.45) is 4.99 Å². The smallest absolute Gasteiger partial charge is 0.252 e. The highest BCUT2D eigenvalue weighted by Gasteiger charge is 2.57. The van der Waals surface area contributed by atoms with Crippen molar-refractivity contribution in [2.45, 2.75) is 42.1 Å². The van der Waals surface area contributed by atoms with E-state index >= 15 is 0 Å². The number of carbonyl (C=O) groups excluding carboxylic acids is 1. The summed E-state index contributed by atoms with van der Waals surface area (Å²) in [4.78, 5) is 17.8. The maximum atomic E-state index is 14.5. The zero-order chi connectivity index (χ0) is 32.2. The number of sulfonamides is 1. The van der Waals surface area contributed by atoms with Gasteiger partial charge in [0, 0.05) is 32.4 Å². The second-order valence-electron chi connectivity index (χ2n) is 11.0. The number of nitrogens with zero attached hydrogens (tertiary/aromatic N) is 3. The molecule has 45 heavy (non-hydrogen) atoms. The first-order valence-corrected chi connectivity index (χ1v) is 16.7. The number of piperidine rings is 1. The molecule has 1 fully saturated rings. The lowest BCUT2D eigenvalue weighted by molar-refractivity contribution is -0.134. The highest BCUT2D eigenvalue weighted by Crippen LogP contribution is 2.42. The Bertz CT molecular complexity index is 1610. The molecule has 1 saturated heterocycles. The fraction of sp³-hybridized carbons (Fsp3) is 0.333. The minimum Gasteiger partial charge on any atom is -0.497 e. The second-order valence-corrected chi connectivity index (χ2v) is 14.0. The molecule has 0 spiro atoms. The van der Waals surface area contributed by atoms with Gasteiger partial charge in [-0.3, -0.25) is 9.79 Å². The number of methoxy groups -OCH3 is 2. The van der Waals surface area contributed by atoms with E-state index in [9.17, 15) is 17.6 Å². The summed E-state index contributed by atoms with van der Waals surface area (Å²) < 4.78 is 54.3. The molecule has 2 atom stereocenters. The first-order chi connectivity index (χ1) is 21.6. The number of carbonyl (C=O) groups is 1. The third kappa shape index (κ3) is 7.04. The monoisotopic (exact) mass is 673 g/mol. The number of alkyl halides is 1. The standard InChI is InChI=1S/C33H34Cl2FN3O5S/c1-43-28-11-3-23(4-12-28)21-39(22-24-5-13-29(44-2)14-6-24)45(41,42)31-33(35,30(34)15-18-37-31)32(40)38-19-16-26(17-20-38)25-7-9-27(36)10-8-25/h3-15,18,26,31H,16-17,19-22H2,1-2H3. The van der Waals surface area contributed by atoms with Crippen LogP contribution < -0.4 is 9.47 Å². The van der Waals surface area contributed by atoms with Gasteiger partial charge in [-0.15, -0.1) is 0 Å². The molecule has 5 rings (SSSR count). The van der Waals surface area contributed by atoms with E-state index in [4.69, 9.17) is 32.7 Å². The van der Waals surface area contributed by atoms with E-state index in [-0.39, 0.29) is 29.9 Å². The van der Waals surface area contributed by atoms with E-state index in [2.05, 4.69) is 4.99 Å². The van der Waals surface area contributed by atoms with Crippen LogP contribution in [0, 0.1) is 5.82 Å². The molecule has 8 nitrogen and oxygen atoms in total. The summed E-state index contributed by atoms with van der Waals surface area (Å²) in [6, 6.07) is 20.4. The first-order valence-electron chi connectivity index (χ1n) is 14.4. The average molecular weight is 675 g/mol. The molecule has 3 aromatic carbocycles. The fourth-order valence-corrected chi connectivity index (χ4v) is 8.33. The number of hydrogen-bond acceptors (Lipinski definition) is 6. The normalized spacial score (nSPS) is 20.6. The summed E-state index contributed by atoms with van der Waals surface area (Å²) in [5.41, 5.74) is 2.38. The summed E-state index contributed by atoms with van der Waals surface area (Å²) in [5, 5.41) is -1.84. The molecule has 0 bridgehead atoms. The van der Waals surface area contributed by atoms with E-state index in [1.807, 2.05) is 0 Å². The van der Waals surface area contributed by atoms with Gasteiger partial charge >= 0.3 is 0 Å². The molecule has 1 amide bonds. The van der Waals surface area contributed by atoms with Gasteiger partial charge in [0.15, 0.2) is 10.2 Å². The molecule has 3 aromatic rings. The molecule has 2 unspecified atom stereocenters. The van der Waals surface area contributed by atoms with Gasteiger partial charge in [0.05, 0.1) is 19.3 Å². The number of benzene rings is 3. The lowest BCUT2D eigenvalue weighted by Crippen LogP contribution is -2.58. The molecule has 0 aliphatic carbocycles. The number of ether oxygens (including phenoxy) is 2. The molecule has 2 heterocycles. The summed E-state index contributed by atoms with van der Waals surface area (Å²) in [6.45, 7) is 0.626. The van der Waals surface area contributed by atoms with Crippen LogP contribution in [0.25, 0.3) is 0 Å². The quantitative estimate of drug-likeness (QED) is 0.243. The third-order valence-corrected chi connectivity index (χ3v) is 11.5. The second kappa shape index (κ2) is 13.9. The van der Waals surface area contributed by atoms with E-state index in [1.165, 1.54) is 28.7 Å². The predicted molar refractivity (Wildman–Crippen MR) is 174 cm³/mol. The predicted octanol–water partition coefficient (Wildman–Crippen LogP) is 6.09. The van der Waals surface area contributed by atoms with Crippen molar-refractivity contribution in [3.05, 3.63) is 106 Å². The van der Waals surface area contributed by atoms with Gasteiger partial charge in [0.1, 0.15) is 17.3 Å². The molecular weight excluding hydrogens is 640 g/mol. The molecular formula is C33H34Cl2FN3O5S. The van der Waals surface area contributed by atoms with Gasteiger partial charge in [0.2, 0.25) is 10.0 Å². The van der Waals surface area contributed by atoms with Crippen molar-refractivity contribution >= 4 is 45.3 Å². The summed E-state index contributed by atoms with van der Waals surface area (Å²) in [6.07, 6.45) is 3.85. The van der Waals surface area contributed by atoms with Crippen molar-refractivity contribution in [3.8, 4) is 11.5 Å². The van der Waals surface area contributed by atoms with E-state index in [0.29, 0.717) is 48.6 Å². The maximum Gasteiger partial charge on any atom is 0.252 e. The van der Waals surface area contributed by atoms with Crippen LogP contribution >= 0.6 is 23.2 Å². The number of allylic oxidation sites excluding steroid dienone is 1. The summed E-state index contributed by atoms with van der Waals surface area (Å²) >= 11 is 13.7. The molecule has 0 saturated carbocycles. The van der Waals surface area contributed by atoms with Gasteiger partial charge in [-0.25, -0.2) is 12.8 Å². The largest absolute Gasteiger partial charge is 0.497 e. The zero-order valence-electron chi connectivity index (χ0n) is 24.9. The Labute approximate surface area is 273 Å². The Hall–Kier alpha value is -3.44. The van der Waals surface area contributed by atoms with Crippen LogP contribution in [-0.4, -0.2) is 67.3 Å². The van der Waals surface area contributed by atoms with Gasteiger partial charge < -0.3 is 14.4 Å². The van der Waals surface area contributed by atoms with Gasteiger partial charge in [0.25, 0.3) is 5.91 Å².